The zero-order valence-corrected chi connectivity index (χ0v) is 5.66. The molecule has 0 radical (unpaired) electrons. The maximum absolute atomic E-state index is 10.5. The van der Waals surface area contributed by atoms with Gasteiger partial charge >= 0.3 is 5.97 Å². The normalized spacial score (nSPS) is 8.36. The molecule has 3 N–H and O–H groups in total. The molecule has 0 aliphatic rings. The molecular weight excluding hydrogens is 152 g/mol. The van der Waals surface area contributed by atoms with E-state index in [1.807, 2.05) is 0 Å². The molecule has 0 aliphatic heterocycles. The lowest BCUT2D eigenvalue weighted by molar-refractivity contribution is -0.137. The highest BCUT2D eigenvalue weighted by Gasteiger charge is 2.01. The van der Waals surface area contributed by atoms with Gasteiger partial charge in [-0.2, -0.15) is 0 Å². The molecule has 6 nitrogen and oxygen atoms in total. The van der Waals surface area contributed by atoms with Crippen molar-refractivity contribution in [2.24, 2.45) is 0 Å². The van der Waals surface area contributed by atoms with Gasteiger partial charge in [0.1, 0.15) is 6.54 Å². The summed E-state index contributed by atoms with van der Waals surface area (Å²) >= 11 is 0. The summed E-state index contributed by atoms with van der Waals surface area (Å²) in [5, 5.41) is 12.2. The number of amides is 2. The number of carbonyl (C=O) groups excluding carboxylic acids is 2. The van der Waals surface area contributed by atoms with E-state index in [2.05, 4.69) is 10.6 Å². The molecule has 0 saturated heterocycles. The van der Waals surface area contributed by atoms with Crippen molar-refractivity contribution < 1.29 is 19.5 Å². The van der Waals surface area contributed by atoms with Crippen molar-refractivity contribution >= 4 is 18.3 Å². The lowest BCUT2D eigenvalue weighted by atomic mass is 10.5. The number of carboxylic acid groups (broad SMARTS) is 1. The summed E-state index contributed by atoms with van der Waals surface area (Å²) < 4.78 is 0. The van der Waals surface area contributed by atoms with Crippen LogP contribution in [0.1, 0.15) is 0 Å². The predicted octanol–water partition coefficient (Wildman–Crippen LogP) is -2.07. The molecule has 0 fully saturated rings. The molecule has 6 heteroatoms. The van der Waals surface area contributed by atoms with Gasteiger partial charge in [-0.05, 0) is 0 Å². The van der Waals surface area contributed by atoms with E-state index >= 15 is 0 Å². The van der Waals surface area contributed by atoms with Crippen LogP contribution < -0.4 is 10.6 Å². The van der Waals surface area contributed by atoms with Crippen molar-refractivity contribution in [2.45, 2.75) is 0 Å². The van der Waals surface area contributed by atoms with Crippen molar-refractivity contribution in [3.8, 4) is 0 Å². The first-order chi connectivity index (χ1) is 5.16. The van der Waals surface area contributed by atoms with Crippen LogP contribution in [-0.4, -0.2) is 36.5 Å². The van der Waals surface area contributed by atoms with Gasteiger partial charge in [0.25, 0.3) is 0 Å². The average Bonchev–Trinajstić information content (AvgIpc) is 1.97. The smallest absolute Gasteiger partial charge is 0.322 e. The van der Waals surface area contributed by atoms with Gasteiger partial charge in [-0.1, -0.05) is 0 Å². The highest BCUT2D eigenvalue weighted by atomic mass is 16.4. The third-order valence-corrected chi connectivity index (χ3v) is 0.783. The molecule has 2 amide bonds. The molecule has 0 aliphatic carbocycles. The number of hydrogen-bond acceptors (Lipinski definition) is 3. The average molecular weight is 160 g/mol. The summed E-state index contributed by atoms with van der Waals surface area (Å²) in [5.41, 5.74) is 0. The molecular formula is C5H8N2O4. The van der Waals surface area contributed by atoms with E-state index < -0.39 is 18.4 Å². The third-order valence-electron chi connectivity index (χ3n) is 0.783. The van der Waals surface area contributed by atoms with Crippen molar-refractivity contribution in [3.63, 3.8) is 0 Å². The van der Waals surface area contributed by atoms with E-state index in [1.165, 1.54) is 0 Å². The van der Waals surface area contributed by atoms with Crippen molar-refractivity contribution in [1.82, 2.24) is 10.6 Å². The maximum Gasteiger partial charge on any atom is 0.322 e. The maximum atomic E-state index is 10.5. The summed E-state index contributed by atoms with van der Waals surface area (Å²) in [4.78, 5) is 30.0. The van der Waals surface area contributed by atoms with Gasteiger partial charge in [-0.3, -0.25) is 14.4 Å². The number of nitrogens with one attached hydrogen (secondary N) is 2. The largest absolute Gasteiger partial charge is 0.480 e. The fourth-order valence-electron chi connectivity index (χ4n) is 0.371. The van der Waals surface area contributed by atoms with Crippen LogP contribution in [-0.2, 0) is 14.4 Å². The Labute approximate surface area is 62.6 Å². The van der Waals surface area contributed by atoms with Crippen LogP contribution in [0, 0.1) is 0 Å². The van der Waals surface area contributed by atoms with Gasteiger partial charge < -0.3 is 15.7 Å². The summed E-state index contributed by atoms with van der Waals surface area (Å²) in [7, 11) is 0. The second kappa shape index (κ2) is 5.21. The molecule has 0 unspecified atom stereocenters. The topological polar surface area (TPSA) is 95.5 Å². The van der Waals surface area contributed by atoms with Gasteiger partial charge in [0.2, 0.25) is 12.3 Å². The summed E-state index contributed by atoms with van der Waals surface area (Å²) in [6.07, 6.45) is 0.361. The minimum atomic E-state index is -1.12. The van der Waals surface area contributed by atoms with Gasteiger partial charge in [0, 0.05) is 0 Å². The number of carboxylic acids is 1. The number of aliphatic carboxylic acids is 1. The highest BCUT2D eigenvalue weighted by molar-refractivity contribution is 5.83. The molecule has 0 saturated carbocycles. The Morgan fingerprint density at radius 3 is 2.45 bits per heavy atom. The van der Waals surface area contributed by atoms with Crippen LogP contribution in [0.5, 0.6) is 0 Å². The fourth-order valence-corrected chi connectivity index (χ4v) is 0.371. The van der Waals surface area contributed by atoms with Gasteiger partial charge in [0.15, 0.2) is 0 Å². The second-order valence-corrected chi connectivity index (χ2v) is 1.67. The molecule has 11 heavy (non-hydrogen) atoms. The molecule has 0 rings (SSSR count). The Hall–Kier alpha value is -1.59. The van der Waals surface area contributed by atoms with E-state index in [0.29, 0.717) is 6.41 Å². The minimum Gasteiger partial charge on any atom is -0.480 e. The van der Waals surface area contributed by atoms with Crippen LogP contribution in [0.3, 0.4) is 0 Å². The first kappa shape index (κ1) is 9.41. The quantitative estimate of drug-likeness (QED) is 0.403. The van der Waals surface area contributed by atoms with Crippen LogP contribution in [0.25, 0.3) is 0 Å². The number of carbonyl (C=O) groups is 3. The summed E-state index contributed by atoms with van der Waals surface area (Å²) in [6.45, 7) is -0.629. The van der Waals surface area contributed by atoms with Gasteiger partial charge in [-0.25, -0.2) is 0 Å². The molecule has 0 bridgehead atoms. The van der Waals surface area contributed by atoms with Crippen LogP contribution in [0.15, 0.2) is 0 Å². The molecule has 0 aromatic rings. The Morgan fingerprint density at radius 1 is 1.36 bits per heavy atom. The second-order valence-electron chi connectivity index (χ2n) is 1.67. The predicted molar refractivity (Wildman–Crippen MR) is 34.7 cm³/mol. The van der Waals surface area contributed by atoms with Crippen molar-refractivity contribution in [1.29, 1.82) is 0 Å². The minimum absolute atomic E-state index is 0.198. The molecule has 0 heterocycles. The van der Waals surface area contributed by atoms with E-state index in [4.69, 9.17) is 5.11 Å². The van der Waals surface area contributed by atoms with Gasteiger partial charge in [0.05, 0.1) is 6.54 Å². The summed E-state index contributed by atoms with van der Waals surface area (Å²) in [5.74, 6) is -1.65. The highest BCUT2D eigenvalue weighted by Crippen LogP contribution is 1.63. The summed E-state index contributed by atoms with van der Waals surface area (Å²) in [6, 6.07) is 0. The van der Waals surface area contributed by atoms with Crippen molar-refractivity contribution in [2.75, 3.05) is 13.1 Å². The fraction of sp³-hybridized carbons (Fsp3) is 0.400. The van der Waals surface area contributed by atoms with Crippen LogP contribution >= 0.6 is 0 Å². The van der Waals surface area contributed by atoms with Crippen LogP contribution in [0.2, 0.25) is 0 Å². The monoisotopic (exact) mass is 160 g/mol. The van der Waals surface area contributed by atoms with Gasteiger partial charge in [-0.15, -0.1) is 0 Å². The van der Waals surface area contributed by atoms with E-state index in [-0.39, 0.29) is 6.54 Å². The van der Waals surface area contributed by atoms with E-state index in [9.17, 15) is 14.4 Å². The number of hydrogen-bond donors (Lipinski definition) is 3. The Balaban J connectivity index is 3.37. The molecule has 0 atom stereocenters. The van der Waals surface area contributed by atoms with Crippen molar-refractivity contribution in [3.05, 3.63) is 0 Å². The SMILES string of the molecule is O=CNCC(=O)NCC(=O)O. The first-order valence-corrected chi connectivity index (χ1v) is 2.82. The Kier molecular flexibility index (Phi) is 4.46. The Bertz CT molecular complexity index is 168. The zero-order chi connectivity index (χ0) is 8.69. The standard InChI is InChI=1S/C5H8N2O4/c8-3-6-1-4(9)7-2-5(10)11/h3H,1-2H2,(H,6,8)(H,7,9)(H,10,11). The molecule has 62 valence electrons. The van der Waals surface area contributed by atoms with E-state index in [1.54, 1.807) is 0 Å². The molecule has 0 aromatic heterocycles. The number of rotatable bonds is 5. The Morgan fingerprint density at radius 2 is 2.00 bits per heavy atom. The lowest BCUT2D eigenvalue weighted by Crippen LogP contribution is -2.36. The first-order valence-electron chi connectivity index (χ1n) is 2.82. The van der Waals surface area contributed by atoms with E-state index in [0.717, 1.165) is 0 Å². The molecule has 0 aromatic carbocycles. The zero-order valence-electron chi connectivity index (χ0n) is 5.66. The lowest BCUT2D eigenvalue weighted by Gasteiger charge is -1.99. The molecule has 0 spiro atoms. The third kappa shape index (κ3) is 6.29. The van der Waals surface area contributed by atoms with Crippen LogP contribution in [0.4, 0.5) is 0 Å².